The molecule has 0 aromatic heterocycles. The predicted molar refractivity (Wildman–Crippen MR) is 88.7 cm³/mol. The van der Waals surface area contributed by atoms with E-state index >= 15 is 0 Å². The molecule has 0 spiro atoms. The van der Waals surface area contributed by atoms with Crippen LogP contribution in [0.15, 0.2) is 24.3 Å². The number of likely N-dealkylation sites (tertiary alicyclic amines) is 1. The SMILES string of the molecule is CC(C)N1CCC(NC(=S)NCc2ccc(F)cc2)CC1. The fourth-order valence-corrected chi connectivity index (χ4v) is 2.82. The highest BCUT2D eigenvalue weighted by atomic mass is 32.1. The summed E-state index contributed by atoms with van der Waals surface area (Å²) in [4.78, 5) is 2.49. The zero-order valence-electron chi connectivity index (χ0n) is 12.7. The van der Waals surface area contributed by atoms with Gasteiger partial charge in [0.15, 0.2) is 5.11 Å². The van der Waals surface area contributed by atoms with Crippen LogP contribution >= 0.6 is 12.2 Å². The third-order valence-electron chi connectivity index (χ3n) is 3.96. The van der Waals surface area contributed by atoms with Crippen LogP contribution in [0.25, 0.3) is 0 Å². The molecular formula is C16H24FN3S. The van der Waals surface area contributed by atoms with Gasteiger partial charge in [0.2, 0.25) is 0 Å². The Bertz CT molecular complexity index is 453. The summed E-state index contributed by atoms with van der Waals surface area (Å²) >= 11 is 5.33. The number of piperidine rings is 1. The molecule has 1 fully saturated rings. The van der Waals surface area contributed by atoms with E-state index in [9.17, 15) is 4.39 Å². The maximum atomic E-state index is 12.8. The summed E-state index contributed by atoms with van der Waals surface area (Å²) in [7, 11) is 0. The summed E-state index contributed by atoms with van der Waals surface area (Å²) in [6, 6.07) is 7.55. The van der Waals surface area contributed by atoms with Crippen LogP contribution in [-0.2, 0) is 6.54 Å². The molecule has 1 aliphatic rings. The van der Waals surface area contributed by atoms with Gasteiger partial charge in [-0.2, -0.15) is 0 Å². The summed E-state index contributed by atoms with van der Waals surface area (Å²) < 4.78 is 12.8. The first-order valence-corrected chi connectivity index (χ1v) is 7.98. The van der Waals surface area contributed by atoms with E-state index < -0.39 is 0 Å². The zero-order chi connectivity index (χ0) is 15.2. The molecule has 116 valence electrons. The summed E-state index contributed by atoms with van der Waals surface area (Å²) in [5.74, 6) is -0.212. The zero-order valence-corrected chi connectivity index (χ0v) is 13.5. The van der Waals surface area contributed by atoms with Gasteiger partial charge in [0, 0.05) is 31.7 Å². The van der Waals surface area contributed by atoms with Gasteiger partial charge in [-0.1, -0.05) is 12.1 Å². The maximum Gasteiger partial charge on any atom is 0.166 e. The van der Waals surface area contributed by atoms with Crippen LogP contribution in [0, 0.1) is 5.82 Å². The van der Waals surface area contributed by atoms with E-state index in [1.807, 2.05) is 0 Å². The van der Waals surface area contributed by atoms with Crippen molar-refractivity contribution < 1.29 is 4.39 Å². The molecular weight excluding hydrogens is 285 g/mol. The Morgan fingerprint density at radius 2 is 1.90 bits per heavy atom. The minimum Gasteiger partial charge on any atom is -0.360 e. The van der Waals surface area contributed by atoms with Crippen LogP contribution in [0.5, 0.6) is 0 Å². The number of hydrogen-bond donors (Lipinski definition) is 2. The Balaban J connectivity index is 1.69. The van der Waals surface area contributed by atoms with Gasteiger partial charge < -0.3 is 15.5 Å². The molecule has 0 atom stereocenters. The molecule has 1 aromatic rings. The van der Waals surface area contributed by atoms with Crippen molar-refractivity contribution in [2.45, 2.75) is 45.3 Å². The number of benzene rings is 1. The number of rotatable bonds is 4. The third-order valence-corrected chi connectivity index (χ3v) is 4.22. The van der Waals surface area contributed by atoms with E-state index in [-0.39, 0.29) is 5.82 Å². The van der Waals surface area contributed by atoms with E-state index in [4.69, 9.17) is 12.2 Å². The third kappa shape index (κ3) is 5.25. The van der Waals surface area contributed by atoms with Crippen molar-refractivity contribution in [1.82, 2.24) is 15.5 Å². The molecule has 0 radical (unpaired) electrons. The lowest BCUT2D eigenvalue weighted by Crippen LogP contribution is -2.48. The molecule has 1 aromatic carbocycles. The molecule has 1 heterocycles. The van der Waals surface area contributed by atoms with E-state index in [1.165, 1.54) is 12.1 Å². The molecule has 2 rings (SSSR count). The summed E-state index contributed by atoms with van der Waals surface area (Å²) in [6.07, 6.45) is 2.24. The van der Waals surface area contributed by atoms with Crippen molar-refractivity contribution >= 4 is 17.3 Å². The number of nitrogens with one attached hydrogen (secondary N) is 2. The monoisotopic (exact) mass is 309 g/mol. The van der Waals surface area contributed by atoms with E-state index in [0.717, 1.165) is 31.5 Å². The standard InChI is InChI=1S/C16H24FN3S/c1-12(2)20-9-7-15(8-10-20)19-16(21)18-11-13-3-5-14(17)6-4-13/h3-6,12,15H,7-11H2,1-2H3,(H2,18,19,21). The Morgan fingerprint density at radius 1 is 1.29 bits per heavy atom. The van der Waals surface area contributed by atoms with Crippen molar-refractivity contribution in [1.29, 1.82) is 0 Å². The average molecular weight is 309 g/mol. The van der Waals surface area contributed by atoms with Gasteiger partial charge in [0.25, 0.3) is 0 Å². The molecule has 0 bridgehead atoms. The first-order valence-electron chi connectivity index (χ1n) is 7.57. The molecule has 3 nitrogen and oxygen atoms in total. The fraction of sp³-hybridized carbons (Fsp3) is 0.562. The van der Waals surface area contributed by atoms with E-state index in [2.05, 4.69) is 29.4 Å². The van der Waals surface area contributed by atoms with Crippen LogP contribution in [-0.4, -0.2) is 35.2 Å². The van der Waals surface area contributed by atoms with Crippen LogP contribution in [0.1, 0.15) is 32.3 Å². The second-order valence-electron chi connectivity index (χ2n) is 5.86. The van der Waals surface area contributed by atoms with Gasteiger partial charge in [-0.25, -0.2) is 4.39 Å². The molecule has 2 N–H and O–H groups in total. The smallest absolute Gasteiger partial charge is 0.166 e. The van der Waals surface area contributed by atoms with Crippen molar-refractivity contribution in [2.75, 3.05) is 13.1 Å². The lowest BCUT2D eigenvalue weighted by molar-refractivity contribution is 0.167. The van der Waals surface area contributed by atoms with Crippen molar-refractivity contribution in [3.05, 3.63) is 35.6 Å². The normalized spacial score (nSPS) is 17.0. The summed E-state index contributed by atoms with van der Waals surface area (Å²) in [5, 5.41) is 7.25. The molecule has 1 aliphatic heterocycles. The quantitative estimate of drug-likeness (QED) is 0.836. The van der Waals surface area contributed by atoms with Gasteiger partial charge in [0.1, 0.15) is 5.82 Å². The molecule has 21 heavy (non-hydrogen) atoms. The van der Waals surface area contributed by atoms with Gasteiger partial charge in [-0.3, -0.25) is 0 Å². The van der Waals surface area contributed by atoms with Gasteiger partial charge >= 0.3 is 0 Å². The van der Waals surface area contributed by atoms with Crippen LogP contribution < -0.4 is 10.6 Å². The van der Waals surface area contributed by atoms with Crippen molar-refractivity contribution in [2.24, 2.45) is 0 Å². The lowest BCUT2D eigenvalue weighted by Gasteiger charge is -2.35. The second kappa shape index (κ2) is 7.71. The summed E-state index contributed by atoms with van der Waals surface area (Å²) in [5.41, 5.74) is 1.02. The molecule has 0 unspecified atom stereocenters. The Morgan fingerprint density at radius 3 is 2.48 bits per heavy atom. The Labute approximate surface area is 131 Å². The Kier molecular flexibility index (Phi) is 5.94. The first kappa shape index (κ1) is 16.2. The fourth-order valence-electron chi connectivity index (χ4n) is 2.58. The molecule has 0 aliphatic carbocycles. The highest BCUT2D eigenvalue weighted by Crippen LogP contribution is 2.12. The maximum absolute atomic E-state index is 12.8. The number of halogens is 1. The largest absolute Gasteiger partial charge is 0.360 e. The average Bonchev–Trinajstić information content (AvgIpc) is 2.47. The summed E-state index contributed by atoms with van der Waals surface area (Å²) in [6.45, 7) is 7.34. The van der Waals surface area contributed by atoms with Gasteiger partial charge in [-0.15, -0.1) is 0 Å². The predicted octanol–water partition coefficient (Wildman–Crippen LogP) is 2.66. The van der Waals surface area contributed by atoms with Crippen molar-refractivity contribution in [3.63, 3.8) is 0 Å². The van der Waals surface area contributed by atoms with E-state index in [1.54, 1.807) is 12.1 Å². The molecule has 0 amide bonds. The highest BCUT2D eigenvalue weighted by Gasteiger charge is 2.20. The molecule has 5 heteroatoms. The van der Waals surface area contributed by atoms with Crippen molar-refractivity contribution in [3.8, 4) is 0 Å². The topological polar surface area (TPSA) is 27.3 Å². The van der Waals surface area contributed by atoms with Crippen LogP contribution in [0.4, 0.5) is 4.39 Å². The number of nitrogens with zero attached hydrogens (tertiary/aromatic N) is 1. The number of thiocarbonyl (C=S) groups is 1. The minimum absolute atomic E-state index is 0.212. The molecule has 1 saturated heterocycles. The lowest BCUT2D eigenvalue weighted by atomic mass is 10.0. The van der Waals surface area contributed by atoms with Crippen LogP contribution in [0.3, 0.4) is 0 Å². The molecule has 0 saturated carbocycles. The van der Waals surface area contributed by atoms with Crippen LogP contribution in [0.2, 0.25) is 0 Å². The van der Waals surface area contributed by atoms with E-state index in [0.29, 0.717) is 23.7 Å². The highest BCUT2D eigenvalue weighted by molar-refractivity contribution is 7.80. The minimum atomic E-state index is -0.212. The van der Waals surface area contributed by atoms with Gasteiger partial charge in [0.05, 0.1) is 0 Å². The Hall–Kier alpha value is -1.20. The second-order valence-corrected chi connectivity index (χ2v) is 6.27. The van der Waals surface area contributed by atoms with Gasteiger partial charge in [-0.05, 0) is 56.6 Å². The first-order chi connectivity index (χ1) is 10.0. The number of hydrogen-bond acceptors (Lipinski definition) is 2.